The monoisotopic (exact) mass is 350 g/mol. The first kappa shape index (κ1) is 17.5. The van der Waals surface area contributed by atoms with Crippen LogP contribution in [0.2, 0.25) is 5.02 Å². The van der Waals surface area contributed by atoms with Crippen molar-refractivity contribution in [1.82, 2.24) is 4.98 Å². The number of hydrogen-bond donors (Lipinski definition) is 1. The molecule has 0 amide bonds. The van der Waals surface area contributed by atoms with Gasteiger partial charge in [0.15, 0.2) is 0 Å². The summed E-state index contributed by atoms with van der Waals surface area (Å²) in [6.07, 6.45) is -3.45. The van der Waals surface area contributed by atoms with Crippen molar-refractivity contribution in [2.75, 3.05) is 18.0 Å². The summed E-state index contributed by atoms with van der Waals surface area (Å²) in [5.41, 5.74) is -0.919. The number of rotatable bonds is 4. The average molecular weight is 351 g/mol. The number of alkyl halides is 3. The Morgan fingerprint density at radius 1 is 1.35 bits per heavy atom. The second kappa shape index (κ2) is 6.74. The summed E-state index contributed by atoms with van der Waals surface area (Å²) in [5, 5.41) is 8.52. The summed E-state index contributed by atoms with van der Waals surface area (Å²) in [7, 11) is 0. The van der Waals surface area contributed by atoms with E-state index in [1.165, 1.54) is 0 Å². The number of carbonyl (C=O) groups excluding carboxylic acids is 1. The maximum absolute atomic E-state index is 12.6. The van der Waals surface area contributed by atoms with Crippen molar-refractivity contribution < 1.29 is 27.9 Å². The van der Waals surface area contributed by atoms with Gasteiger partial charge in [-0.2, -0.15) is 13.2 Å². The minimum absolute atomic E-state index is 0.102. The molecular formula is C14H14ClF3N2O3. The Kier molecular flexibility index (Phi) is 5.13. The molecule has 0 spiro atoms. The molecule has 9 heteroatoms. The van der Waals surface area contributed by atoms with E-state index in [0.717, 1.165) is 12.3 Å². The van der Waals surface area contributed by atoms with E-state index in [4.69, 9.17) is 16.7 Å². The lowest BCUT2D eigenvalue weighted by molar-refractivity contribution is -0.141. The van der Waals surface area contributed by atoms with Gasteiger partial charge in [0.1, 0.15) is 18.0 Å². The number of pyridine rings is 1. The fourth-order valence-corrected chi connectivity index (χ4v) is 2.81. The number of carbonyl (C=O) groups is 2. The number of hydrogen-bond acceptors (Lipinski definition) is 4. The number of aliphatic carboxylic acids is 1. The predicted octanol–water partition coefficient (Wildman–Crippen LogP) is 3.01. The average Bonchev–Trinajstić information content (AvgIpc) is 2.45. The van der Waals surface area contributed by atoms with Crippen molar-refractivity contribution in [3.8, 4) is 0 Å². The zero-order chi connectivity index (χ0) is 17.2. The second-order valence-corrected chi connectivity index (χ2v) is 5.73. The molecule has 1 aliphatic rings. The first-order valence-corrected chi connectivity index (χ1v) is 7.28. The largest absolute Gasteiger partial charge is 0.481 e. The summed E-state index contributed by atoms with van der Waals surface area (Å²) in [6, 6.07) is 0.825. The van der Waals surface area contributed by atoms with Gasteiger partial charge in [0.2, 0.25) is 0 Å². The van der Waals surface area contributed by atoms with Crippen LogP contribution in [0.4, 0.5) is 19.0 Å². The van der Waals surface area contributed by atoms with E-state index in [9.17, 15) is 22.8 Å². The highest BCUT2D eigenvalue weighted by atomic mass is 35.5. The highest BCUT2D eigenvalue weighted by molar-refractivity contribution is 6.33. The Morgan fingerprint density at radius 2 is 1.96 bits per heavy atom. The Hall–Kier alpha value is -1.83. The van der Waals surface area contributed by atoms with Crippen molar-refractivity contribution in [3.63, 3.8) is 0 Å². The fraction of sp³-hybridized carbons (Fsp3) is 0.500. The molecule has 0 radical (unpaired) electrons. The van der Waals surface area contributed by atoms with Gasteiger partial charge in [-0.3, -0.25) is 9.59 Å². The van der Waals surface area contributed by atoms with Gasteiger partial charge >= 0.3 is 12.1 Å². The van der Waals surface area contributed by atoms with Crippen LogP contribution >= 0.6 is 11.6 Å². The molecule has 0 unspecified atom stereocenters. The molecule has 0 atom stereocenters. The first-order valence-electron chi connectivity index (χ1n) is 6.90. The minimum atomic E-state index is -4.51. The molecule has 2 rings (SSSR count). The van der Waals surface area contributed by atoms with E-state index >= 15 is 0 Å². The normalized spacial score (nSPS) is 16.4. The van der Waals surface area contributed by atoms with Crippen LogP contribution < -0.4 is 4.90 Å². The lowest BCUT2D eigenvalue weighted by atomic mass is 9.91. The van der Waals surface area contributed by atoms with Crippen LogP contribution in [0.1, 0.15) is 24.8 Å². The summed E-state index contributed by atoms with van der Waals surface area (Å²) >= 11 is 5.89. The predicted molar refractivity (Wildman–Crippen MR) is 76.4 cm³/mol. The summed E-state index contributed by atoms with van der Waals surface area (Å²) in [4.78, 5) is 27.7. The highest BCUT2D eigenvalue weighted by Crippen LogP contribution is 2.34. The lowest BCUT2D eigenvalue weighted by Gasteiger charge is -2.32. The summed E-state index contributed by atoms with van der Waals surface area (Å²) < 4.78 is 37.8. The van der Waals surface area contributed by atoms with Gasteiger partial charge < -0.3 is 10.0 Å². The molecule has 1 aliphatic heterocycles. The van der Waals surface area contributed by atoms with E-state index in [1.807, 2.05) is 0 Å². The van der Waals surface area contributed by atoms with Gasteiger partial charge in [0, 0.05) is 25.2 Å². The Labute approximate surface area is 135 Å². The molecule has 0 aliphatic carbocycles. The number of ketones is 1. The molecule has 126 valence electrons. The Balaban J connectivity index is 2.03. The van der Waals surface area contributed by atoms with Crippen molar-refractivity contribution in [2.24, 2.45) is 5.92 Å². The second-order valence-electron chi connectivity index (χ2n) is 5.33. The number of carboxylic acids is 1. The number of Topliss-reactive ketones (excluding diaryl/α,β-unsaturated/α-hetero) is 1. The van der Waals surface area contributed by atoms with E-state index in [1.54, 1.807) is 4.90 Å². The van der Waals surface area contributed by atoms with Crippen LogP contribution in [0.5, 0.6) is 0 Å². The van der Waals surface area contributed by atoms with Gasteiger partial charge in [-0.25, -0.2) is 4.98 Å². The maximum Gasteiger partial charge on any atom is 0.417 e. The van der Waals surface area contributed by atoms with Crippen molar-refractivity contribution in [3.05, 3.63) is 22.8 Å². The summed E-state index contributed by atoms with van der Waals surface area (Å²) in [5.74, 6) is -1.60. The molecule has 1 fully saturated rings. The van der Waals surface area contributed by atoms with Crippen LogP contribution in [0.25, 0.3) is 0 Å². The molecule has 5 nitrogen and oxygen atoms in total. The molecule has 1 saturated heterocycles. The van der Waals surface area contributed by atoms with Crippen molar-refractivity contribution in [1.29, 1.82) is 0 Å². The van der Waals surface area contributed by atoms with Crippen LogP contribution in [0.3, 0.4) is 0 Å². The highest BCUT2D eigenvalue weighted by Gasteiger charge is 2.33. The number of nitrogens with zero attached hydrogens (tertiary/aromatic N) is 2. The molecule has 0 bridgehead atoms. The van der Waals surface area contributed by atoms with Crippen molar-refractivity contribution >= 4 is 29.2 Å². The number of carboxylic acid groups (broad SMARTS) is 1. The van der Waals surface area contributed by atoms with Crippen LogP contribution in [0.15, 0.2) is 12.3 Å². The number of anilines is 1. The quantitative estimate of drug-likeness (QED) is 0.845. The third-order valence-corrected chi connectivity index (χ3v) is 4.00. The topological polar surface area (TPSA) is 70.5 Å². The lowest BCUT2D eigenvalue weighted by Crippen LogP contribution is -2.37. The third-order valence-electron chi connectivity index (χ3n) is 3.72. The smallest absolute Gasteiger partial charge is 0.417 e. The number of halogens is 4. The number of piperidine rings is 1. The molecule has 1 N–H and O–H groups in total. The maximum atomic E-state index is 12.6. The van der Waals surface area contributed by atoms with Crippen LogP contribution in [-0.4, -0.2) is 34.9 Å². The summed E-state index contributed by atoms with van der Waals surface area (Å²) in [6.45, 7) is 0.766. The molecule has 1 aromatic heterocycles. The Bertz CT molecular complexity index is 614. The molecule has 0 aromatic carbocycles. The molecule has 2 heterocycles. The van der Waals surface area contributed by atoms with E-state index in [2.05, 4.69) is 4.98 Å². The zero-order valence-corrected chi connectivity index (χ0v) is 12.7. The SMILES string of the molecule is O=C(O)CC(=O)C1CCN(c2ncc(C(F)(F)F)cc2Cl)CC1. The standard InChI is InChI=1S/C14H14ClF3N2O3/c15-10-5-9(14(16,17)18)7-19-13(10)20-3-1-8(2-4-20)11(21)6-12(22)23/h5,7-8H,1-4,6H2,(H,22,23). The number of aromatic nitrogens is 1. The molecule has 0 saturated carbocycles. The van der Waals surface area contributed by atoms with Crippen LogP contribution in [-0.2, 0) is 15.8 Å². The molecule has 1 aromatic rings. The van der Waals surface area contributed by atoms with Gasteiger partial charge in [-0.05, 0) is 18.9 Å². The molecular weight excluding hydrogens is 337 g/mol. The van der Waals surface area contributed by atoms with E-state index < -0.39 is 24.1 Å². The third kappa shape index (κ3) is 4.34. The molecule has 23 heavy (non-hydrogen) atoms. The van der Waals surface area contributed by atoms with Crippen molar-refractivity contribution in [2.45, 2.75) is 25.4 Å². The van der Waals surface area contributed by atoms with Crippen LogP contribution in [0, 0.1) is 5.92 Å². The van der Waals surface area contributed by atoms with Gasteiger partial charge in [0.05, 0.1) is 10.6 Å². The van der Waals surface area contributed by atoms with Gasteiger partial charge in [-0.15, -0.1) is 0 Å². The first-order chi connectivity index (χ1) is 10.7. The Morgan fingerprint density at radius 3 is 2.43 bits per heavy atom. The van der Waals surface area contributed by atoms with E-state index in [0.29, 0.717) is 25.9 Å². The minimum Gasteiger partial charge on any atom is -0.481 e. The van der Waals surface area contributed by atoms with Gasteiger partial charge in [0.25, 0.3) is 0 Å². The van der Waals surface area contributed by atoms with Gasteiger partial charge in [-0.1, -0.05) is 11.6 Å². The fourth-order valence-electron chi connectivity index (χ4n) is 2.53. The zero-order valence-electron chi connectivity index (χ0n) is 11.9. The van der Waals surface area contributed by atoms with E-state index in [-0.39, 0.29) is 22.5 Å².